The van der Waals surface area contributed by atoms with Gasteiger partial charge >= 0.3 is 0 Å². The minimum atomic E-state index is -0.819. The van der Waals surface area contributed by atoms with Crippen molar-refractivity contribution in [2.75, 3.05) is 0 Å². The quantitative estimate of drug-likeness (QED) is 0.730. The normalized spacial score (nSPS) is 12.4. The van der Waals surface area contributed by atoms with Gasteiger partial charge in [0.25, 0.3) is 0 Å². The first-order valence-electron chi connectivity index (χ1n) is 4.52. The van der Waals surface area contributed by atoms with Crippen molar-refractivity contribution in [2.45, 2.75) is 6.04 Å². The molecule has 0 radical (unpaired) electrons. The number of aromatic nitrogens is 4. The molecule has 0 saturated heterocycles. The zero-order valence-corrected chi connectivity index (χ0v) is 8.41. The van der Waals surface area contributed by atoms with Gasteiger partial charge < -0.3 is 0 Å². The summed E-state index contributed by atoms with van der Waals surface area (Å²) in [6.07, 6.45) is 0. The summed E-state index contributed by atoms with van der Waals surface area (Å²) in [5.41, 5.74) is 0.550. The van der Waals surface area contributed by atoms with Gasteiger partial charge in [0.1, 0.15) is 5.82 Å². The Kier molecular flexibility index (Phi) is 2.67. The van der Waals surface area contributed by atoms with E-state index in [1.54, 1.807) is 7.05 Å². The number of halogens is 1. The molecule has 7 heteroatoms. The summed E-state index contributed by atoms with van der Waals surface area (Å²) >= 11 is 0. The van der Waals surface area contributed by atoms with Gasteiger partial charge in [0, 0.05) is 7.05 Å². The van der Waals surface area contributed by atoms with E-state index in [2.05, 4.69) is 20.7 Å². The van der Waals surface area contributed by atoms with Gasteiger partial charge in [-0.2, -0.15) is 0 Å². The molecule has 1 atom stereocenters. The maximum absolute atomic E-state index is 12.7. The highest BCUT2D eigenvalue weighted by molar-refractivity contribution is 5.25. The summed E-state index contributed by atoms with van der Waals surface area (Å²) in [7, 11) is 1.61. The van der Waals surface area contributed by atoms with E-state index in [9.17, 15) is 9.30 Å². The van der Waals surface area contributed by atoms with Crippen molar-refractivity contribution in [1.29, 1.82) is 0 Å². The van der Waals surface area contributed by atoms with Crippen LogP contribution in [0.25, 0.3) is 0 Å². The van der Waals surface area contributed by atoms with E-state index in [4.69, 9.17) is 0 Å². The highest BCUT2D eigenvalue weighted by Gasteiger charge is 2.20. The van der Waals surface area contributed by atoms with E-state index in [0.717, 1.165) is 0 Å². The van der Waals surface area contributed by atoms with Gasteiger partial charge in [-0.1, -0.05) is 17.3 Å². The Labute approximate surface area is 90.1 Å². The zero-order chi connectivity index (χ0) is 11.5. The average molecular weight is 221 g/mol. The molecule has 0 fully saturated rings. The first-order chi connectivity index (χ1) is 7.72. The van der Waals surface area contributed by atoms with Crippen LogP contribution in [0.1, 0.15) is 17.4 Å². The summed E-state index contributed by atoms with van der Waals surface area (Å²) in [6.45, 7) is 0. The Balaban J connectivity index is 2.40. The fourth-order valence-corrected chi connectivity index (χ4v) is 1.37. The maximum Gasteiger partial charge on any atom is 0.183 e. The number of nitrogens with zero attached hydrogens (tertiary/aromatic N) is 5. The molecular weight excluding hydrogens is 213 g/mol. The molecule has 0 spiro atoms. The Morgan fingerprint density at radius 2 is 2.06 bits per heavy atom. The minimum Gasteiger partial charge on any atom is -0.230 e. The number of hydrogen-bond donors (Lipinski definition) is 0. The largest absolute Gasteiger partial charge is 0.230 e. The second-order valence-electron chi connectivity index (χ2n) is 3.22. The highest BCUT2D eigenvalue weighted by atomic mass is 19.1. The molecule has 1 heterocycles. The van der Waals surface area contributed by atoms with E-state index in [1.165, 1.54) is 28.9 Å². The molecule has 82 valence electrons. The van der Waals surface area contributed by atoms with Gasteiger partial charge in [0.2, 0.25) is 0 Å². The Morgan fingerprint density at radius 1 is 1.38 bits per heavy atom. The summed E-state index contributed by atoms with van der Waals surface area (Å²) in [4.78, 5) is 10.8. The van der Waals surface area contributed by atoms with Crippen molar-refractivity contribution < 1.29 is 4.39 Å². The first kappa shape index (κ1) is 10.3. The molecule has 0 aliphatic heterocycles. The second kappa shape index (κ2) is 4.13. The second-order valence-corrected chi connectivity index (χ2v) is 3.22. The molecule has 1 unspecified atom stereocenters. The standard InChI is InChI=1S/C9H8FN5O/c1-15-9(11-13-14-15)8(12-16)6-2-4-7(10)5-3-6/h2-5,8H,1H3. The van der Waals surface area contributed by atoms with Crippen LogP contribution < -0.4 is 0 Å². The number of rotatable bonds is 3. The number of aryl methyl sites for hydroxylation is 1. The summed E-state index contributed by atoms with van der Waals surface area (Å²) in [5, 5.41) is 13.7. The highest BCUT2D eigenvalue weighted by Crippen LogP contribution is 2.23. The van der Waals surface area contributed by atoms with E-state index >= 15 is 0 Å². The molecule has 16 heavy (non-hydrogen) atoms. The van der Waals surface area contributed by atoms with Gasteiger partial charge in [-0.05, 0) is 28.1 Å². The third kappa shape index (κ3) is 1.79. The van der Waals surface area contributed by atoms with Crippen LogP contribution in [0, 0.1) is 10.7 Å². The fourth-order valence-electron chi connectivity index (χ4n) is 1.37. The number of benzene rings is 1. The number of tetrazole rings is 1. The molecule has 2 aromatic rings. The van der Waals surface area contributed by atoms with E-state index < -0.39 is 6.04 Å². The van der Waals surface area contributed by atoms with Crippen LogP contribution >= 0.6 is 0 Å². The Hall–Kier alpha value is -2.18. The van der Waals surface area contributed by atoms with Gasteiger partial charge in [-0.3, -0.25) is 0 Å². The first-order valence-corrected chi connectivity index (χ1v) is 4.52. The Morgan fingerprint density at radius 3 is 2.56 bits per heavy atom. The molecular formula is C9H8FN5O. The number of nitroso groups, excluding NO2 is 1. The average Bonchev–Trinajstić information content (AvgIpc) is 2.69. The van der Waals surface area contributed by atoms with Crippen molar-refractivity contribution in [3.05, 3.63) is 46.4 Å². The molecule has 0 saturated carbocycles. The van der Waals surface area contributed by atoms with Crippen LogP contribution in [0.15, 0.2) is 29.4 Å². The predicted octanol–water partition coefficient (Wildman–Crippen LogP) is 1.20. The van der Waals surface area contributed by atoms with Crippen molar-refractivity contribution in [3.8, 4) is 0 Å². The molecule has 0 aliphatic carbocycles. The molecule has 1 aromatic heterocycles. The lowest BCUT2D eigenvalue weighted by molar-refractivity contribution is 0.622. The van der Waals surface area contributed by atoms with Crippen LogP contribution in [0.4, 0.5) is 4.39 Å². The summed E-state index contributed by atoms with van der Waals surface area (Å²) in [6, 6.07) is 4.67. The lowest BCUT2D eigenvalue weighted by Gasteiger charge is -2.06. The molecule has 1 aromatic carbocycles. The van der Waals surface area contributed by atoms with E-state index in [0.29, 0.717) is 11.4 Å². The van der Waals surface area contributed by atoms with E-state index in [-0.39, 0.29) is 5.82 Å². The summed E-state index contributed by atoms with van der Waals surface area (Å²) < 4.78 is 14.1. The molecule has 0 amide bonds. The lowest BCUT2D eigenvalue weighted by atomic mass is 10.1. The van der Waals surface area contributed by atoms with Gasteiger partial charge in [0.05, 0.1) is 0 Å². The van der Waals surface area contributed by atoms with Crippen molar-refractivity contribution in [1.82, 2.24) is 20.2 Å². The van der Waals surface area contributed by atoms with Crippen LogP contribution in [-0.2, 0) is 7.05 Å². The van der Waals surface area contributed by atoms with Gasteiger partial charge in [-0.25, -0.2) is 9.07 Å². The fraction of sp³-hybridized carbons (Fsp3) is 0.222. The van der Waals surface area contributed by atoms with Crippen LogP contribution in [0.2, 0.25) is 0 Å². The molecule has 0 aliphatic rings. The minimum absolute atomic E-state index is 0.321. The number of hydrogen-bond acceptors (Lipinski definition) is 5. The third-order valence-corrected chi connectivity index (χ3v) is 2.19. The predicted molar refractivity (Wildman–Crippen MR) is 52.8 cm³/mol. The topological polar surface area (TPSA) is 73.0 Å². The molecule has 0 bridgehead atoms. The zero-order valence-electron chi connectivity index (χ0n) is 8.41. The van der Waals surface area contributed by atoms with Gasteiger partial charge in [0.15, 0.2) is 11.9 Å². The van der Waals surface area contributed by atoms with Crippen LogP contribution in [0.5, 0.6) is 0 Å². The van der Waals surface area contributed by atoms with Crippen LogP contribution in [-0.4, -0.2) is 20.2 Å². The summed E-state index contributed by atoms with van der Waals surface area (Å²) in [5.74, 6) is -0.0499. The van der Waals surface area contributed by atoms with Crippen molar-refractivity contribution in [3.63, 3.8) is 0 Å². The lowest BCUT2D eigenvalue weighted by Crippen LogP contribution is -2.06. The van der Waals surface area contributed by atoms with E-state index in [1.807, 2.05) is 0 Å². The van der Waals surface area contributed by atoms with Crippen LogP contribution in [0.3, 0.4) is 0 Å². The SMILES string of the molecule is Cn1nnnc1C(N=O)c1ccc(F)cc1. The van der Waals surface area contributed by atoms with Crippen molar-refractivity contribution >= 4 is 0 Å². The maximum atomic E-state index is 12.7. The monoisotopic (exact) mass is 221 g/mol. The smallest absolute Gasteiger partial charge is 0.183 e. The molecule has 6 nitrogen and oxygen atoms in total. The third-order valence-electron chi connectivity index (χ3n) is 2.19. The Bertz CT molecular complexity index is 495. The van der Waals surface area contributed by atoms with Crippen molar-refractivity contribution in [2.24, 2.45) is 12.2 Å². The van der Waals surface area contributed by atoms with Gasteiger partial charge in [-0.15, -0.1) is 10.0 Å². The molecule has 0 N–H and O–H groups in total. The molecule has 2 rings (SSSR count).